The largest absolute Gasteiger partial charge is 0.483 e. The van der Waals surface area contributed by atoms with Crippen LogP contribution in [0.5, 0.6) is 5.75 Å². The molecule has 3 N–H and O–H groups in total. The van der Waals surface area contributed by atoms with Crippen LogP contribution in [0.3, 0.4) is 0 Å². The van der Waals surface area contributed by atoms with Gasteiger partial charge in [0, 0.05) is 16.2 Å². The van der Waals surface area contributed by atoms with Gasteiger partial charge >= 0.3 is 5.97 Å². The number of rotatable bonds is 9. The van der Waals surface area contributed by atoms with Gasteiger partial charge in [0.1, 0.15) is 5.75 Å². The first-order valence-corrected chi connectivity index (χ1v) is 12.2. The van der Waals surface area contributed by atoms with E-state index in [9.17, 15) is 9.59 Å². The highest BCUT2D eigenvalue weighted by molar-refractivity contribution is 7.98. The van der Waals surface area contributed by atoms with Gasteiger partial charge in [-0.15, -0.1) is 11.8 Å². The van der Waals surface area contributed by atoms with Gasteiger partial charge in [-0.1, -0.05) is 30.3 Å². The Kier molecular flexibility index (Phi) is 9.06. The quantitative estimate of drug-likeness (QED) is 0.159. The smallest absolute Gasteiger partial charge is 0.338 e. The number of thiocarbonyl (C=S) groups is 1. The van der Waals surface area contributed by atoms with E-state index < -0.39 is 17.9 Å². The molecule has 0 saturated heterocycles. The van der Waals surface area contributed by atoms with Crippen LogP contribution in [-0.4, -0.2) is 42.7 Å². The van der Waals surface area contributed by atoms with Crippen molar-refractivity contribution in [1.29, 1.82) is 0 Å². The second-order valence-corrected chi connectivity index (χ2v) is 8.47. The highest BCUT2D eigenvalue weighted by Gasteiger charge is 2.32. The number of amides is 1. The summed E-state index contributed by atoms with van der Waals surface area (Å²) < 4.78 is 11.0. The number of hydrogen-bond donors (Lipinski definition) is 3. The molecule has 34 heavy (non-hydrogen) atoms. The van der Waals surface area contributed by atoms with Crippen molar-refractivity contribution in [3.05, 3.63) is 70.9 Å². The number of allylic oxidation sites excluding steroid dienone is 1. The Bertz CT molecular complexity index is 1120. The lowest BCUT2D eigenvalue weighted by atomic mass is 9.95. The van der Waals surface area contributed by atoms with Crippen molar-refractivity contribution >= 4 is 47.2 Å². The second kappa shape index (κ2) is 12.2. The van der Waals surface area contributed by atoms with Crippen molar-refractivity contribution in [2.24, 2.45) is 5.10 Å². The van der Waals surface area contributed by atoms with Crippen molar-refractivity contribution in [2.45, 2.75) is 24.8 Å². The summed E-state index contributed by atoms with van der Waals surface area (Å²) >= 11 is 6.94. The molecule has 1 aliphatic heterocycles. The lowest BCUT2D eigenvalue weighted by molar-refractivity contribution is -0.139. The second-order valence-electron chi connectivity index (χ2n) is 7.18. The van der Waals surface area contributed by atoms with Crippen LogP contribution < -0.4 is 20.8 Å². The van der Waals surface area contributed by atoms with Gasteiger partial charge in [0.25, 0.3) is 5.91 Å². The molecular weight excluding hydrogens is 472 g/mol. The lowest BCUT2D eigenvalue weighted by Crippen LogP contribution is -2.45. The molecule has 10 heteroatoms. The lowest BCUT2D eigenvalue weighted by Gasteiger charge is -2.30. The molecule has 178 valence electrons. The number of hydrogen-bond acceptors (Lipinski definition) is 7. The summed E-state index contributed by atoms with van der Waals surface area (Å²) in [5.41, 5.74) is 4.97. The van der Waals surface area contributed by atoms with Crippen molar-refractivity contribution in [1.82, 2.24) is 16.1 Å². The van der Waals surface area contributed by atoms with E-state index in [2.05, 4.69) is 21.2 Å². The van der Waals surface area contributed by atoms with Gasteiger partial charge in [0.15, 0.2) is 11.7 Å². The molecule has 2 aromatic rings. The first kappa shape index (κ1) is 25.3. The number of benzene rings is 2. The van der Waals surface area contributed by atoms with Crippen molar-refractivity contribution in [3.63, 3.8) is 0 Å². The molecular formula is C24H26N4O4S2. The predicted molar refractivity (Wildman–Crippen MR) is 137 cm³/mol. The number of carbonyl (C=O) groups excluding carboxylic acids is 2. The average molecular weight is 499 g/mol. The summed E-state index contributed by atoms with van der Waals surface area (Å²) in [5, 5.41) is 10.4. The van der Waals surface area contributed by atoms with E-state index in [4.69, 9.17) is 21.7 Å². The third-order valence-corrected chi connectivity index (χ3v) is 5.84. The molecule has 0 bridgehead atoms. The van der Waals surface area contributed by atoms with E-state index in [0.29, 0.717) is 27.7 Å². The molecule has 3 rings (SSSR count). The van der Waals surface area contributed by atoms with Crippen molar-refractivity contribution in [3.8, 4) is 5.75 Å². The molecule has 1 amide bonds. The minimum absolute atomic E-state index is 0.243. The SMILES string of the molecule is CCOC(=O)C1=C(C)NC(=S)N[C@@H]1c1ccccc1OCC(=O)NN=Cc1ccc(SC)cc1. The van der Waals surface area contributed by atoms with Crippen LogP contribution in [0.15, 0.2) is 69.8 Å². The third kappa shape index (κ3) is 6.58. The Labute approximate surface area is 208 Å². The van der Waals surface area contributed by atoms with Crippen LogP contribution >= 0.6 is 24.0 Å². The molecule has 1 atom stereocenters. The van der Waals surface area contributed by atoms with Crippen molar-refractivity contribution < 1.29 is 19.1 Å². The predicted octanol–water partition coefficient (Wildman–Crippen LogP) is 3.29. The highest BCUT2D eigenvalue weighted by atomic mass is 32.2. The molecule has 1 aliphatic rings. The van der Waals surface area contributed by atoms with Crippen molar-refractivity contribution in [2.75, 3.05) is 19.5 Å². The van der Waals surface area contributed by atoms with Gasteiger partial charge in [-0.2, -0.15) is 5.10 Å². The van der Waals surface area contributed by atoms with E-state index in [-0.39, 0.29) is 13.2 Å². The maximum absolute atomic E-state index is 12.6. The zero-order valence-corrected chi connectivity index (χ0v) is 20.7. The monoisotopic (exact) mass is 498 g/mol. The standard InChI is InChI=1S/C24H26N4O4S2/c1-4-31-23(30)21-15(2)26-24(33)27-22(21)18-7-5-6-8-19(18)32-14-20(29)28-25-13-16-9-11-17(34-3)12-10-16/h5-13,22H,4,14H2,1-3H3,(H,28,29)(H2,26,27,33)/t22-/m1/s1. The third-order valence-electron chi connectivity index (χ3n) is 4.87. The topological polar surface area (TPSA) is 101 Å². The molecule has 0 fully saturated rings. The first-order chi connectivity index (χ1) is 16.4. The summed E-state index contributed by atoms with van der Waals surface area (Å²) in [6.07, 6.45) is 3.57. The maximum atomic E-state index is 12.6. The fraction of sp³-hybridized carbons (Fsp3) is 0.250. The molecule has 2 aromatic carbocycles. The number of para-hydroxylation sites is 1. The first-order valence-electron chi connectivity index (χ1n) is 10.6. The van der Waals surface area contributed by atoms with Crippen LogP contribution in [-0.2, 0) is 14.3 Å². The number of nitrogens with one attached hydrogen (secondary N) is 3. The van der Waals surface area contributed by atoms with Crippen LogP contribution in [0.4, 0.5) is 0 Å². The Morgan fingerprint density at radius 1 is 1.21 bits per heavy atom. The number of nitrogens with zero attached hydrogens (tertiary/aromatic N) is 1. The van der Waals surface area contributed by atoms with Gasteiger partial charge in [-0.25, -0.2) is 10.2 Å². The van der Waals surface area contributed by atoms with Gasteiger partial charge in [-0.05, 0) is 56.1 Å². The molecule has 0 aliphatic carbocycles. The van der Waals surface area contributed by atoms with E-state index in [0.717, 1.165) is 10.5 Å². The Hall–Kier alpha value is -3.37. The van der Waals surface area contributed by atoms with Gasteiger partial charge < -0.3 is 20.1 Å². The van der Waals surface area contributed by atoms with Gasteiger partial charge in [0.05, 0.1) is 24.4 Å². The summed E-state index contributed by atoms with van der Waals surface area (Å²) in [6.45, 7) is 3.49. The minimum atomic E-state index is -0.589. The van der Waals surface area contributed by atoms with E-state index in [1.807, 2.05) is 42.7 Å². The van der Waals surface area contributed by atoms with Crippen LogP contribution in [0.1, 0.15) is 31.0 Å². The molecule has 0 aromatic heterocycles. The summed E-state index contributed by atoms with van der Waals surface area (Å²) in [6, 6.07) is 14.3. The number of carbonyl (C=O) groups is 2. The number of ether oxygens (including phenoxy) is 2. The minimum Gasteiger partial charge on any atom is -0.483 e. The molecule has 8 nitrogen and oxygen atoms in total. The highest BCUT2D eigenvalue weighted by Crippen LogP contribution is 2.33. The van der Waals surface area contributed by atoms with E-state index in [1.165, 1.54) is 0 Å². The maximum Gasteiger partial charge on any atom is 0.338 e. The Morgan fingerprint density at radius 2 is 1.94 bits per heavy atom. The number of esters is 1. The Morgan fingerprint density at radius 3 is 2.65 bits per heavy atom. The Balaban J connectivity index is 1.69. The van der Waals surface area contributed by atoms with Crippen LogP contribution in [0, 0.1) is 0 Å². The summed E-state index contributed by atoms with van der Waals surface area (Å²) in [7, 11) is 0. The zero-order chi connectivity index (χ0) is 24.5. The molecule has 0 spiro atoms. The van der Waals surface area contributed by atoms with Gasteiger partial charge in [-0.3, -0.25) is 4.79 Å². The number of hydrazone groups is 1. The molecule has 0 unspecified atom stereocenters. The van der Waals surface area contributed by atoms with E-state index >= 15 is 0 Å². The van der Waals surface area contributed by atoms with Crippen LogP contribution in [0.2, 0.25) is 0 Å². The van der Waals surface area contributed by atoms with E-state index in [1.54, 1.807) is 44.0 Å². The normalized spacial score (nSPS) is 15.5. The molecule has 0 radical (unpaired) electrons. The summed E-state index contributed by atoms with van der Waals surface area (Å²) in [5.74, 6) is -0.441. The fourth-order valence-electron chi connectivity index (χ4n) is 3.30. The fourth-order valence-corrected chi connectivity index (χ4v) is 3.98. The van der Waals surface area contributed by atoms with Gasteiger partial charge in [0.2, 0.25) is 0 Å². The number of thioether (sulfide) groups is 1. The molecule has 1 heterocycles. The average Bonchev–Trinajstić information content (AvgIpc) is 2.83. The molecule has 0 saturated carbocycles. The summed E-state index contributed by atoms with van der Waals surface area (Å²) in [4.78, 5) is 26.0. The zero-order valence-electron chi connectivity index (χ0n) is 19.1. The van der Waals surface area contributed by atoms with Crippen LogP contribution in [0.25, 0.3) is 0 Å².